The van der Waals surface area contributed by atoms with Crippen LogP contribution in [0, 0.1) is 0 Å². The fraction of sp³-hybridized carbons (Fsp3) is 0.300. The summed E-state index contributed by atoms with van der Waals surface area (Å²) in [5.74, 6) is 0.592. The minimum Gasteiger partial charge on any atom is -0.384 e. The van der Waals surface area contributed by atoms with Crippen LogP contribution in [-0.2, 0) is 0 Å². The Kier molecular flexibility index (Phi) is 3.99. The van der Waals surface area contributed by atoms with E-state index in [0.29, 0.717) is 18.9 Å². The number of amidine groups is 1. The van der Waals surface area contributed by atoms with Gasteiger partial charge in [-0.05, 0) is 13.0 Å². The van der Waals surface area contributed by atoms with Crippen LogP contribution in [0.2, 0.25) is 0 Å². The Hall–Kier alpha value is -1.35. The number of benzene rings is 1. The molecule has 3 nitrogen and oxygen atoms in total. The maximum atomic E-state index is 5.74. The molecule has 0 radical (unpaired) electrons. The van der Waals surface area contributed by atoms with Crippen LogP contribution in [-0.4, -0.2) is 18.9 Å². The van der Waals surface area contributed by atoms with Crippen LogP contribution in [0.25, 0.3) is 0 Å². The average Bonchev–Trinajstić information content (AvgIpc) is 2.19. The molecule has 0 saturated heterocycles. The molecule has 0 aliphatic heterocycles. The van der Waals surface area contributed by atoms with Gasteiger partial charge in [-0.25, -0.2) is 0 Å². The number of nitrogens with two attached hydrogens (primary N) is 2. The molecule has 3 heteroatoms. The van der Waals surface area contributed by atoms with E-state index in [-0.39, 0.29) is 0 Å². The number of rotatable bonds is 4. The van der Waals surface area contributed by atoms with Crippen LogP contribution in [0.4, 0.5) is 0 Å². The van der Waals surface area contributed by atoms with Crippen molar-refractivity contribution < 1.29 is 0 Å². The molecule has 0 aromatic heterocycles. The predicted octanol–water partition coefficient (Wildman–Crippen LogP) is 0.741. The fourth-order valence-corrected chi connectivity index (χ4v) is 0.991. The first-order valence-electron chi connectivity index (χ1n) is 4.40. The SMILES string of the molecule is NCCCN=C(N)c1ccccc1. The highest BCUT2D eigenvalue weighted by Crippen LogP contribution is 1.97. The van der Waals surface area contributed by atoms with E-state index in [1.54, 1.807) is 0 Å². The molecule has 1 aromatic carbocycles. The summed E-state index contributed by atoms with van der Waals surface area (Å²) in [4.78, 5) is 4.20. The first kappa shape index (κ1) is 9.74. The van der Waals surface area contributed by atoms with Gasteiger partial charge < -0.3 is 11.5 Å². The molecule has 4 N–H and O–H groups in total. The van der Waals surface area contributed by atoms with E-state index in [4.69, 9.17) is 11.5 Å². The average molecular weight is 177 g/mol. The molecule has 0 saturated carbocycles. The zero-order valence-electron chi connectivity index (χ0n) is 7.61. The second-order valence-electron chi connectivity index (χ2n) is 2.78. The first-order valence-corrected chi connectivity index (χ1v) is 4.40. The zero-order chi connectivity index (χ0) is 9.52. The topological polar surface area (TPSA) is 64.4 Å². The summed E-state index contributed by atoms with van der Waals surface area (Å²) in [5.41, 5.74) is 12.1. The van der Waals surface area contributed by atoms with Gasteiger partial charge in [-0.15, -0.1) is 0 Å². The second kappa shape index (κ2) is 5.32. The van der Waals surface area contributed by atoms with E-state index in [0.717, 1.165) is 12.0 Å². The van der Waals surface area contributed by atoms with Crippen molar-refractivity contribution in [3.05, 3.63) is 35.9 Å². The van der Waals surface area contributed by atoms with E-state index in [1.807, 2.05) is 30.3 Å². The van der Waals surface area contributed by atoms with Crippen LogP contribution in [0.5, 0.6) is 0 Å². The molecule has 1 rings (SSSR count). The van der Waals surface area contributed by atoms with E-state index in [2.05, 4.69) is 4.99 Å². The predicted molar refractivity (Wildman–Crippen MR) is 55.7 cm³/mol. The van der Waals surface area contributed by atoms with Crippen LogP contribution in [0.1, 0.15) is 12.0 Å². The lowest BCUT2D eigenvalue weighted by Gasteiger charge is -1.99. The molecule has 0 spiro atoms. The van der Waals surface area contributed by atoms with Gasteiger partial charge in [0.1, 0.15) is 5.84 Å². The molecule has 0 aliphatic carbocycles. The van der Waals surface area contributed by atoms with Crippen molar-refractivity contribution in [3.8, 4) is 0 Å². The van der Waals surface area contributed by atoms with Gasteiger partial charge in [0.2, 0.25) is 0 Å². The Balaban J connectivity index is 2.57. The Labute approximate surface area is 78.5 Å². The summed E-state index contributed by atoms with van der Waals surface area (Å²) in [6, 6.07) is 9.74. The molecule has 0 bridgehead atoms. The lowest BCUT2D eigenvalue weighted by Crippen LogP contribution is -2.14. The monoisotopic (exact) mass is 177 g/mol. The first-order chi connectivity index (χ1) is 6.34. The highest BCUT2D eigenvalue weighted by molar-refractivity contribution is 5.97. The third-order valence-corrected chi connectivity index (χ3v) is 1.71. The van der Waals surface area contributed by atoms with Crippen molar-refractivity contribution in [2.45, 2.75) is 6.42 Å². The van der Waals surface area contributed by atoms with Crippen molar-refractivity contribution in [2.24, 2.45) is 16.5 Å². The van der Waals surface area contributed by atoms with Crippen LogP contribution < -0.4 is 11.5 Å². The zero-order valence-corrected chi connectivity index (χ0v) is 7.61. The van der Waals surface area contributed by atoms with E-state index in [9.17, 15) is 0 Å². The lowest BCUT2D eigenvalue weighted by atomic mass is 10.2. The summed E-state index contributed by atoms with van der Waals surface area (Å²) in [6.45, 7) is 1.36. The minimum absolute atomic E-state index is 0.592. The van der Waals surface area contributed by atoms with Gasteiger partial charge in [0.15, 0.2) is 0 Å². The Morgan fingerprint density at radius 3 is 2.54 bits per heavy atom. The van der Waals surface area contributed by atoms with Gasteiger partial charge in [-0.2, -0.15) is 0 Å². The molecule has 0 heterocycles. The van der Waals surface area contributed by atoms with Crippen molar-refractivity contribution >= 4 is 5.84 Å². The van der Waals surface area contributed by atoms with Crippen LogP contribution in [0.3, 0.4) is 0 Å². The fourth-order valence-electron chi connectivity index (χ4n) is 0.991. The Morgan fingerprint density at radius 2 is 1.92 bits per heavy atom. The maximum absolute atomic E-state index is 5.74. The number of hydrogen-bond acceptors (Lipinski definition) is 2. The van der Waals surface area contributed by atoms with Gasteiger partial charge in [-0.3, -0.25) is 4.99 Å². The molecule has 0 fully saturated rings. The third kappa shape index (κ3) is 3.25. The second-order valence-corrected chi connectivity index (χ2v) is 2.78. The summed E-state index contributed by atoms with van der Waals surface area (Å²) >= 11 is 0. The van der Waals surface area contributed by atoms with Crippen molar-refractivity contribution in [3.63, 3.8) is 0 Å². The molecular formula is C10H15N3. The highest BCUT2D eigenvalue weighted by atomic mass is 14.8. The van der Waals surface area contributed by atoms with Crippen molar-refractivity contribution in [2.75, 3.05) is 13.1 Å². The number of nitrogens with zero attached hydrogens (tertiary/aromatic N) is 1. The van der Waals surface area contributed by atoms with Gasteiger partial charge in [0.25, 0.3) is 0 Å². The summed E-state index contributed by atoms with van der Waals surface area (Å²) in [5, 5.41) is 0. The van der Waals surface area contributed by atoms with E-state index < -0.39 is 0 Å². The van der Waals surface area contributed by atoms with Gasteiger partial charge in [-0.1, -0.05) is 30.3 Å². The normalized spacial score (nSPS) is 11.6. The van der Waals surface area contributed by atoms with Crippen molar-refractivity contribution in [1.82, 2.24) is 0 Å². The minimum atomic E-state index is 0.592. The lowest BCUT2D eigenvalue weighted by molar-refractivity contribution is 0.844. The van der Waals surface area contributed by atoms with Gasteiger partial charge in [0, 0.05) is 12.1 Å². The standard InChI is InChI=1S/C10H15N3/c11-7-4-8-13-10(12)9-5-2-1-3-6-9/h1-3,5-6H,4,7-8,11H2,(H2,12,13). The van der Waals surface area contributed by atoms with Crippen LogP contribution in [0.15, 0.2) is 35.3 Å². The van der Waals surface area contributed by atoms with Gasteiger partial charge in [0.05, 0.1) is 0 Å². The molecule has 1 aromatic rings. The molecule has 0 atom stereocenters. The molecule has 13 heavy (non-hydrogen) atoms. The van der Waals surface area contributed by atoms with Gasteiger partial charge >= 0.3 is 0 Å². The highest BCUT2D eigenvalue weighted by Gasteiger charge is 1.94. The smallest absolute Gasteiger partial charge is 0.125 e. The maximum Gasteiger partial charge on any atom is 0.125 e. The quantitative estimate of drug-likeness (QED) is 0.405. The largest absolute Gasteiger partial charge is 0.384 e. The van der Waals surface area contributed by atoms with E-state index in [1.165, 1.54) is 0 Å². The third-order valence-electron chi connectivity index (χ3n) is 1.71. The Morgan fingerprint density at radius 1 is 1.23 bits per heavy atom. The summed E-state index contributed by atoms with van der Waals surface area (Å²) < 4.78 is 0. The Bertz CT molecular complexity index is 267. The summed E-state index contributed by atoms with van der Waals surface area (Å²) in [6.07, 6.45) is 0.882. The number of aliphatic imine (C=N–C) groups is 1. The molecule has 0 unspecified atom stereocenters. The van der Waals surface area contributed by atoms with Crippen LogP contribution >= 0.6 is 0 Å². The molecule has 0 amide bonds. The molecular weight excluding hydrogens is 162 g/mol. The van der Waals surface area contributed by atoms with E-state index >= 15 is 0 Å². The van der Waals surface area contributed by atoms with Crippen molar-refractivity contribution in [1.29, 1.82) is 0 Å². The molecule has 0 aliphatic rings. The number of hydrogen-bond donors (Lipinski definition) is 2. The summed E-state index contributed by atoms with van der Waals surface area (Å²) in [7, 11) is 0. The molecule has 70 valence electrons.